The van der Waals surface area contributed by atoms with E-state index >= 15 is 0 Å². The zero-order valence-electron chi connectivity index (χ0n) is 12.7. The van der Waals surface area contributed by atoms with E-state index in [4.69, 9.17) is 5.73 Å². The van der Waals surface area contributed by atoms with Gasteiger partial charge in [-0.3, -0.25) is 14.5 Å². The van der Waals surface area contributed by atoms with E-state index in [9.17, 15) is 9.59 Å². The van der Waals surface area contributed by atoms with Gasteiger partial charge >= 0.3 is 0 Å². The quantitative estimate of drug-likeness (QED) is 0.885. The molecule has 0 saturated carbocycles. The topological polar surface area (TPSA) is 75.4 Å². The van der Waals surface area contributed by atoms with Crippen molar-refractivity contribution in [3.8, 4) is 10.4 Å². The molecule has 2 aromatic rings. The Bertz CT molecular complexity index is 706. The molecule has 0 aliphatic carbocycles. The van der Waals surface area contributed by atoms with Gasteiger partial charge in [0.15, 0.2) is 0 Å². The van der Waals surface area contributed by atoms with Crippen molar-refractivity contribution in [1.29, 1.82) is 0 Å². The molecular formula is C17H19N3O2S. The van der Waals surface area contributed by atoms with E-state index in [1.807, 2.05) is 30.3 Å². The lowest BCUT2D eigenvalue weighted by Crippen LogP contribution is -2.31. The number of benzene rings is 1. The Balaban J connectivity index is 1.78. The van der Waals surface area contributed by atoms with E-state index in [1.54, 1.807) is 6.07 Å². The van der Waals surface area contributed by atoms with Crippen molar-refractivity contribution in [3.63, 3.8) is 0 Å². The molecule has 2 amide bonds. The summed E-state index contributed by atoms with van der Waals surface area (Å²) in [5, 5.41) is 3.37. The summed E-state index contributed by atoms with van der Waals surface area (Å²) in [6, 6.07) is 11.5. The maximum absolute atomic E-state index is 12.2. The van der Waals surface area contributed by atoms with Gasteiger partial charge in [0.05, 0.1) is 12.1 Å². The Morgan fingerprint density at radius 2 is 1.87 bits per heavy atom. The summed E-state index contributed by atoms with van der Waals surface area (Å²) in [5.74, 6) is -0.629. The predicted molar refractivity (Wildman–Crippen MR) is 92.6 cm³/mol. The standard InChI is InChI=1S/C17H19N3O2S/c18-16(22)13-10-14(12-6-2-1-3-7-12)23-17(13)19-15(21)11-20-8-4-5-9-20/h1-3,6-7,10H,4-5,8-9,11H2,(H2,18,22)(H,19,21). The molecule has 0 atom stereocenters. The highest BCUT2D eigenvalue weighted by molar-refractivity contribution is 7.20. The molecule has 1 aromatic carbocycles. The van der Waals surface area contributed by atoms with Crippen LogP contribution >= 0.6 is 11.3 Å². The molecule has 120 valence electrons. The maximum Gasteiger partial charge on any atom is 0.251 e. The average molecular weight is 329 g/mol. The van der Waals surface area contributed by atoms with Crippen molar-refractivity contribution in [2.45, 2.75) is 12.8 Å². The van der Waals surface area contributed by atoms with Crippen LogP contribution in [0.15, 0.2) is 36.4 Å². The van der Waals surface area contributed by atoms with Crippen molar-refractivity contribution in [1.82, 2.24) is 4.90 Å². The zero-order valence-corrected chi connectivity index (χ0v) is 13.6. The van der Waals surface area contributed by atoms with E-state index in [0.717, 1.165) is 36.4 Å². The van der Waals surface area contributed by atoms with Crippen LogP contribution in [0.5, 0.6) is 0 Å². The number of carbonyl (C=O) groups excluding carboxylic acids is 2. The smallest absolute Gasteiger partial charge is 0.251 e. The molecule has 6 heteroatoms. The van der Waals surface area contributed by atoms with Crippen LogP contribution in [-0.2, 0) is 4.79 Å². The number of thiophene rings is 1. The Morgan fingerprint density at radius 3 is 2.52 bits per heavy atom. The fourth-order valence-corrected chi connectivity index (χ4v) is 3.81. The molecule has 5 nitrogen and oxygen atoms in total. The van der Waals surface area contributed by atoms with Crippen LogP contribution in [-0.4, -0.2) is 36.3 Å². The Hall–Kier alpha value is -2.18. The highest BCUT2D eigenvalue weighted by Crippen LogP contribution is 2.35. The molecule has 23 heavy (non-hydrogen) atoms. The Morgan fingerprint density at radius 1 is 1.17 bits per heavy atom. The minimum Gasteiger partial charge on any atom is -0.366 e. The van der Waals surface area contributed by atoms with Crippen LogP contribution in [0.3, 0.4) is 0 Å². The lowest BCUT2D eigenvalue weighted by atomic mass is 10.1. The molecule has 1 fully saturated rings. The van der Waals surface area contributed by atoms with Crippen molar-refractivity contribution in [3.05, 3.63) is 42.0 Å². The summed E-state index contributed by atoms with van der Waals surface area (Å²) in [5.41, 5.74) is 6.82. The van der Waals surface area contributed by atoms with E-state index in [0.29, 0.717) is 17.1 Å². The highest BCUT2D eigenvalue weighted by atomic mass is 32.1. The van der Waals surface area contributed by atoms with Gasteiger partial charge in [-0.1, -0.05) is 30.3 Å². The third-order valence-electron chi connectivity index (χ3n) is 3.87. The fraction of sp³-hybridized carbons (Fsp3) is 0.294. The zero-order chi connectivity index (χ0) is 16.2. The SMILES string of the molecule is NC(=O)c1cc(-c2ccccc2)sc1NC(=O)CN1CCCC1. The minimum absolute atomic E-state index is 0.101. The first kappa shape index (κ1) is 15.7. The van der Waals surface area contributed by atoms with Gasteiger partial charge in [0.2, 0.25) is 5.91 Å². The average Bonchev–Trinajstić information content (AvgIpc) is 3.18. The van der Waals surface area contributed by atoms with Crippen LogP contribution in [0.2, 0.25) is 0 Å². The monoisotopic (exact) mass is 329 g/mol. The molecule has 2 heterocycles. The number of nitrogens with two attached hydrogens (primary N) is 1. The summed E-state index contributed by atoms with van der Waals surface area (Å²) in [7, 11) is 0. The van der Waals surface area contributed by atoms with Gasteiger partial charge in [-0.05, 0) is 37.6 Å². The molecular weight excluding hydrogens is 310 g/mol. The van der Waals surface area contributed by atoms with E-state index in [2.05, 4.69) is 10.2 Å². The summed E-state index contributed by atoms with van der Waals surface area (Å²) in [4.78, 5) is 26.9. The van der Waals surface area contributed by atoms with Gasteiger partial charge in [-0.25, -0.2) is 0 Å². The minimum atomic E-state index is -0.528. The number of anilines is 1. The number of nitrogens with one attached hydrogen (secondary N) is 1. The third kappa shape index (κ3) is 3.78. The Labute approximate surface area is 139 Å². The van der Waals surface area contributed by atoms with Crippen LogP contribution in [0.25, 0.3) is 10.4 Å². The molecule has 0 unspecified atom stereocenters. The number of hydrogen-bond donors (Lipinski definition) is 2. The maximum atomic E-state index is 12.2. The first-order valence-corrected chi connectivity index (χ1v) is 8.46. The largest absolute Gasteiger partial charge is 0.366 e. The van der Waals surface area contributed by atoms with Gasteiger partial charge in [-0.2, -0.15) is 0 Å². The second-order valence-electron chi connectivity index (χ2n) is 5.62. The molecule has 0 spiro atoms. The second-order valence-corrected chi connectivity index (χ2v) is 6.67. The lowest BCUT2D eigenvalue weighted by molar-refractivity contribution is -0.117. The lowest BCUT2D eigenvalue weighted by Gasteiger charge is -2.13. The van der Waals surface area contributed by atoms with Crippen LogP contribution < -0.4 is 11.1 Å². The van der Waals surface area contributed by atoms with E-state index < -0.39 is 5.91 Å². The van der Waals surface area contributed by atoms with Gasteiger partial charge < -0.3 is 11.1 Å². The molecule has 0 bridgehead atoms. The summed E-state index contributed by atoms with van der Waals surface area (Å²) in [6.45, 7) is 2.27. The predicted octanol–water partition coefficient (Wildman–Crippen LogP) is 2.55. The number of rotatable bonds is 5. The molecule has 1 aliphatic rings. The number of nitrogens with zero attached hydrogens (tertiary/aromatic N) is 1. The van der Waals surface area contributed by atoms with Gasteiger partial charge in [0, 0.05) is 4.88 Å². The Kier molecular flexibility index (Phi) is 4.73. The second kappa shape index (κ2) is 6.93. The van der Waals surface area contributed by atoms with Gasteiger partial charge in [-0.15, -0.1) is 11.3 Å². The first-order chi connectivity index (χ1) is 11.1. The van der Waals surface area contributed by atoms with Gasteiger partial charge in [0.1, 0.15) is 5.00 Å². The van der Waals surface area contributed by atoms with E-state index in [1.165, 1.54) is 11.3 Å². The third-order valence-corrected chi connectivity index (χ3v) is 4.97. The van der Waals surface area contributed by atoms with Crippen LogP contribution in [0, 0.1) is 0 Å². The van der Waals surface area contributed by atoms with Crippen LogP contribution in [0.4, 0.5) is 5.00 Å². The van der Waals surface area contributed by atoms with Gasteiger partial charge in [0.25, 0.3) is 5.91 Å². The molecule has 0 radical (unpaired) electrons. The number of carbonyl (C=O) groups is 2. The highest BCUT2D eigenvalue weighted by Gasteiger charge is 2.19. The molecule has 3 rings (SSSR count). The van der Waals surface area contributed by atoms with Crippen molar-refractivity contribution in [2.24, 2.45) is 5.73 Å². The fourth-order valence-electron chi connectivity index (χ4n) is 2.72. The summed E-state index contributed by atoms with van der Waals surface area (Å²) in [6.07, 6.45) is 2.27. The molecule has 3 N–H and O–H groups in total. The summed E-state index contributed by atoms with van der Waals surface area (Å²) >= 11 is 1.38. The number of primary amides is 1. The number of likely N-dealkylation sites (tertiary alicyclic amines) is 1. The van der Waals surface area contributed by atoms with Crippen LogP contribution in [0.1, 0.15) is 23.2 Å². The van der Waals surface area contributed by atoms with Crippen molar-refractivity contribution >= 4 is 28.2 Å². The van der Waals surface area contributed by atoms with Crippen molar-refractivity contribution in [2.75, 3.05) is 25.0 Å². The number of hydrogen-bond acceptors (Lipinski definition) is 4. The molecule has 1 saturated heterocycles. The number of amides is 2. The summed E-state index contributed by atoms with van der Waals surface area (Å²) < 4.78 is 0. The first-order valence-electron chi connectivity index (χ1n) is 7.65. The molecule has 1 aromatic heterocycles. The molecule has 1 aliphatic heterocycles. The van der Waals surface area contributed by atoms with E-state index in [-0.39, 0.29) is 5.91 Å². The van der Waals surface area contributed by atoms with Crippen molar-refractivity contribution < 1.29 is 9.59 Å². The normalized spacial score (nSPS) is 14.8.